The number of halogens is 4. The Balaban J connectivity index is 2.64. The first-order chi connectivity index (χ1) is 8.39. The average Bonchev–Trinajstić information content (AvgIpc) is 2.28. The normalized spacial score (nSPS) is 11.6. The van der Waals surface area contributed by atoms with Crippen LogP contribution in [0.1, 0.15) is 5.56 Å². The Hall–Kier alpha value is -2.11. The third kappa shape index (κ3) is 2.27. The van der Waals surface area contributed by atoms with Crippen LogP contribution in [0.25, 0.3) is 11.1 Å². The molecule has 2 rings (SSSR count). The molecule has 0 atom stereocenters. The van der Waals surface area contributed by atoms with Crippen LogP contribution in [0.15, 0.2) is 36.5 Å². The molecule has 0 radical (unpaired) electrons. The second-order valence-corrected chi connectivity index (χ2v) is 3.63. The minimum absolute atomic E-state index is 0.0826. The van der Waals surface area contributed by atoms with Crippen LogP contribution >= 0.6 is 0 Å². The lowest BCUT2D eigenvalue weighted by molar-refractivity contribution is -0.137. The maximum atomic E-state index is 13.6. The Morgan fingerprint density at radius 3 is 2.33 bits per heavy atom. The fraction of sp³-hybridized carbons (Fsp3) is 0.0833. The molecule has 1 heterocycles. The molecule has 0 aliphatic carbocycles. The summed E-state index contributed by atoms with van der Waals surface area (Å²) in [5.41, 5.74) is 3.87. The number of hydrogen-bond acceptors (Lipinski definition) is 2. The van der Waals surface area contributed by atoms with Crippen molar-refractivity contribution in [2.75, 3.05) is 5.73 Å². The summed E-state index contributed by atoms with van der Waals surface area (Å²) in [6.07, 6.45) is -3.56. The summed E-state index contributed by atoms with van der Waals surface area (Å²) in [7, 11) is 0. The number of nitrogens with zero attached hydrogens (tertiary/aromatic N) is 1. The van der Waals surface area contributed by atoms with E-state index in [1.165, 1.54) is 18.2 Å². The maximum absolute atomic E-state index is 13.6. The van der Waals surface area contributed by atoms with Gasteiger partial charge in [-0.25, -0.2) is 9.37 Å². The molecule has 0 amide bonds. The van der Waals surface area contributed by atoms with Gasteiger partial charge in [-0.2, -0.15) is 13.2 Å². The van der Waals surface area contributed by atoms with Crippen LogP contribution in [0.3, 0.4) is 0 Å². The maximum Gasteiger partial charge on any atom is 0.417 e. The molecule has 0 bridgehead atoms. The van der Waals surface area contributed by atoms with Gasteiger partial charge in [-0.3, -0.25) is 0 Å². The molecule has 0 saturated carbocycles. The zero-order valence-corrected chi connectivity index (χ0v) is 9.00. The van der Waals surface area contributed by atoms with Gasteiger partial charge in [0.2, 0.25) is 0 Å². The van der Waals surface area contributed by atoms with Crippen LogP contribution < -0.4 is 5.73 Å². The predicted octanol–water partition coefficient (Wildman–Crippen LogP) is 3.49. The highest BCUT2D eigenvalue weighted by molar-refractivity contribution is 5.68. The molecule has 2 nitrogen and oxygen atoms in total. The number of alkyl halides is 3. The first-order valence-corrected chi connectivity index (χ1v) is 4.97. The topological polar surface area (TPSA) is 38.9 Å². The molecule has 94 valence electrons. The lowest BCUT2D eigenvalue weighted by Crippen LogP contribution is -2.07. The van der Waals surface area contributed by atoms with Gasteiger partial charge in [0.1, 0.15) is 11.6 Å². The molecule has 0 saturated heterocycles. The molecular formula is C12H8F4N2. The number of hydrogen-bond donors (Lipinski definition) is 1. The van der Waals surface area contributed by atoms with Crippen molar-refractivity contribution in [3.63, 3.8) is 0 Å². The number of nitrogens with two attached hydrogens (primary N) is 1. The largest absolute Gasteiger partial charge is 0.417 e. The number of nitrogen functional groups attached to an aromatic ring is 1. The Labute approximate surface area is 100 Å². The van der Waals surface area contributed by atoms with E-state index in [9.17, 15) is 17.6 Å². The third-order valence-corrected chi connectivity index (χ3v) is 2.40. The van der Waals surface area contributed by atoms with Crippen LogP contribution in [0, 0.1) is 5.82 Å². The van der Waals surface area contributed by atoms with Gasteiger partial charge in [-0.1, -0.05) is 18.2 Å². The van der Waals surface area contributed by atoms with E-state index >= 15 is 0 Å². The molecule has 2 aromatic rings. The molecule has 0 spiro atoms. The highest BCUT2D eigenvalue weighted by Crippen LogP contribution is 2.37. The predicted molar refractivity (Wildman–Crippen MR) is 59.0 cm³/mol. The van der Waals surface area contributed by atoms with Crippen molar-refractivity contribution in [1.29, 1.82) is 0 Å². The van der Waals surface area contributed by atoms with Crippen molar-refractivity contribution in [3.05, 3.63) is 47.9 Å². The smallest absolute Gasteiger partial charge is 0.384 e. The van der Waals surface area contributed by atoms with Gasteiger partial charge in [0, 0.05) is 17.8 Å². The first-order valence-electron chi connectivity index (χ1n) is 4.97. The first kappa shape index (κ1) is 12.3. The second kappa shape index (κ2) is 4.29. The fourth-order valence-electron chi connectivity index (χ4n) is 1.61. The SMILES string of the molecule is Nc1cc(F)c(-c2ccccc2C(F)(F)F)cn1. The number of anilines is 1. The lowest BCUT2D eigenvalue weighted by atomic mass is 10.0. The van der Waals surface area contributed by atoms with Gasteiger partial charge >= 0.3 is 6.18 Å². The fourth-order valence-corrected chi connectivity index (χ4v) is 1.61. The number of rotatable bonds is 1. The van der Waals surface area contributed by atoms with Gasteiger partial charge in [-0.15, -0.1) is 0 Å². The summed E-state index contributed by atoms with van der Waals surface area (Å²) < 4.78 is 51.9. The van der Waals surface area contributed by atoms with Crippen LogP contribution in [-0.2, 0) is 6.18 Å². The van der Waals surface area contributed by atoms with Gasteiger partial charge in [0.05, 0.1) is 5.56 Å². The lowest BCUT2D eigenvalue weighted by Gasteiger charge is -2.13. The molecule has 0 fully saturated rings. The van der Waals surface area contributed by atoms with Crippen molar-refractivity contribution >= 4 is 5.82 Å². The van der Waals surface area contributed by atoms with Gasteiger partial charge < -0.3 is 5.73 Å². The van der Waals surface area contributed by atoms with Gasteiger partial charge in [-0.05, 0) is 11.6 Å². The zero-order chi connectivity index (χ0) is 13.3. The zero-order valence-electron chi connectivity index (χ0n) is 9.00. The van der Waals surface area contributed by atoms with Gasteiger partial charge in [0.25, 0.3) is 0 Å². The van der Waals surface area contributed by atoms with Crippen LogP contribution in [-0.4, -0.2) is 4.98 Å². The molecule has 2 N–H and O–H groups in total. The Morgan fingerprint density at radius 2 is 1.72 bits per heavy atom. The monoisotopic (exact) mass is 256 g/mol. The minimum atomic E-state index is -4.55. The van der Waals surface area contributed by atoms with Crippen LogP contribution in [0.4, 0.5) is 23.4 Å². The van der Waals surface area contributed by atoms with E-state index in [0.29, 0.717) is 0 Å². The van der Waals surface area contributed by atoms with E-state index in [2.05, 4.69) is 4.98 Å². The van der Waals surface area contributed by atoms with Crippen LogP contribution in [0.2, 0.25) is 0 Å². The second-order valence-electron chi connectivity index (χ2n) is 3.63. The molecule has 1 aromatic carbocycles. The molecule has 1 aromatic heterocycles. The highest BCUT2D eigenvalue weighted by Gasteiger charge is 2.33. The molecule has 0 aliphatic rings. The summed E-state index contributed by atoms with van der Waals surface area (Å²) in [6, 6.07) is 5.63. The summed E-state index contributed by atoms with van der Waals surface area (Å²) in [5, 5.41) is 0. The average molecular weight is 256 g/mol. The van der Waals surface area contributed by atoms with Crippen molar-refractivity contribution in [2.24, 2.45) is 0 Å². The van der Waals surface area contributed by atoms with Gasteiger partial charge in [0.15, 0.2) is 0 Å². The molecule has 0 unspecified atom stereocenters. The van der Waals surface area contributed by atoms with Crippen molar-refractivity contribution < 1.29 is 17.6 Å². The number of benzene rings is 1. The molecular weight excluding hydrogens is 248 g/mol. The Kier molecular flexibility index (Phi) is 2.94. The summed E-state index contributed by atoms with van der Waals surface area (Å²) in [4.78, 5) is 3.61. The molecule has 0 aliphatic heterocycles. The summed E-state index contributed by atoms with van der Waals surface area (Å²) >= 11 is 0. The van der Waals surface area contributed by atoms with E-state index in [-0.39, 0.29) is 16.9 Å². The Bertz CT molecular complexity index is 579. The number of pyridine rings is 1. The summed E-state index contributed by atoms with van der Waals surface area (Å²) in [5.74, 6) is -0.917. The number of aromatic nitrogens is 1. The standard InChI is InChI=1S/C12H8F4N2/c13-10-5-11(17)18-6-8(10)7-3-1-2-4-9(7)12(14,15)16/h1-6H,(H2,17,18). The minimum Gasteiger partial charge on any atom is -0.384 e. The highest BCUT2D eigenvalue weighted by atomic mass is 19.4. The van der Waals surface area contributed by atoms with E-state index in [1.807, 2.05) is 0 Å². The van der Waals surface area contributed by atoms with Crippen molar-refractivity contribution in [1.82, 2.24) is 4.98 Å². The Morgan fingerprint density at radius 1 is 1.06 bits per heavy atom. The van der Waals surface area contributed by atoms with E-state index in [1.54, 1.807) is 0 Å². The van der Waals surface area contributed by atoms with E-state index in [0.717, 1.165) is 18.3 Å². The quantitative estimate of drug-likeness (QED) is 0.793. The van der Waals surface area contributed by atoms with Crippen molar-refractivity contribution in [3.8, 4) is 11.1 Å². The molecule has 18 heavy (non-hydrogen) atoms. The van der Waals surface area contributed by atoms with E-state index < -0.39 is 17.6 Å². The third-order valence-electron chi connectivity index (χ3n) is 2.40. The molecule has 6 heteroatoms. The van der Waals surface area contributed by atoms with Crippen molar-refractivity contribution in [2.45, 2.75) is 6.18 Å². The van der Waals surface area contributed by atoms with E-state index in [4.69, 9.17) is 5.73 Å². The van der Waals surface area contributed by atoms with Crippen LogP contribution in [0.5, 0.6) is 0 Å². The summed E-state index contributed by atoms with van der Waals surface area (Å²) in [6.45, 7) is 0.